The second-order valence-electron chi connectivity index (χ2n) is 8.93. The third kappa shape index (κ3) is 8.90. The molecule has 198 valence electrons. The molecule has 13 heteroatoms. The van der Waals surface area contributed by atoms with Gasteiger partial charge in [-0.3, -0.25) is 44.2 Å². The number of nitro groups is 1. The fourth-order valence-electron chi connectivity index (χ4n) is 4.38. The van der Waals surface area contributed by atoms with Crippen molar-refractivity contribution in [2.45, 2.75) is 25.6 Å². The lowest BCUT2D eigenvalue weighted by molar-refractivity contribution is -0.384. The lowest BCUT2D eigenvalue weighted by atomic mass is 10.0. The van der Waals surface area contributed by atoms with Gasteiger partial charge in [-0.25, -0.2) is 0 Å². The molecule has 1 atom stereocenters. The zero-order valence-corrected chi connectivity index (χ0v) is 20.1. The highest BCUT2D eigenvalue weighted by molar-refractivity contribution is 5.70. The molecule has 37 heavy (non-hydrogen) atoms. The first-order chi connectivity index (χ1) is 17.6. The van der Waals surface area contributed by atoms with Gasteiger partial charge in [0.15, 0.2) is 0 Å². The molecule has 2 heterocycles. The summed E-state index contributed by atoms with van der Waals surface area (Å²) in [5.74, 6) is -3.14. The molecular weight excluding hydrogens is 486 g/mol. The molecule has 1 aromatic heterocycles. The lowest BCUT2D eigenvalue weighted by Gasteiger charge is -2.35. The summed E-state index contributed by atoms with van der Waals surface area (Å²) in [7, 11) is 0. The predicted octanol–water partition coefficient (Wildman–Crippen LogP) is 0.775. The van der Waals surface area contributed by atoms with Crippen LogP contribution in [0, 0.1) is 10.1 Å². The zero-order valence-electron chi connectivity index (χ0n) is 20.1. The van der Waals surface area contributed by atoms with E-state index in [1.165, 1.54) is 12.1 Å². The number of hydrogen-bond donors (Lipinski definition) is 3. The normalized spacial score (nSPS) is 17.9. The molecular formula is C24H29N5O8. The highest BCUT2D eigenvalue weighted by Crippen LogP contribution is 2.18. The molecule has 0 saturated carbocycles. The Morgan fingerprint density at radius 2 is 1.43 bits per heavy atom. The Morgan fingerprint density at radius 1 is 0.865 bits per heavy atom. The molecule has 13 nitrogen and oxygen atoms in total. The summed E-state index contributed by atoms with van der Waals surface area (Å²) in [5, 5.41) is 39.5. The first kappa shape index (κ1) is 27.6. The van der Waals surface area contributed by atoms with Crippen molar-refractivity contribution >= 4 is 23.6 Å². The molecule has 0 aliphatic carbocycles. The molecule has 2 aromatic rings. The average Bonchev–Trinajstić information content (AvgIpc) is 2.80. The van der Waals surface area contributed by atoms with E-state index in [4.69, 9.17) is 0 Å². The summed E-state index contributed by atoms with van der Waals surface area (Å²) in [6, 6.07) is 10.8. The van der Waals surface area contributed by atoms with Gasteiger partial charge in [0.2, 0.25) is 0 Å². The van der Waals surface area contributed by atoms with Crippen molar-refractivity contribution < 1.29 is 34.6 Å². The van der Waals surface area contributed by atoms with Crippen LogP contribution in [0.15, 0.2) is 42.5 Å². The van der Waals surface area contributed by atoms with E-state index in [0.717, 1.165) is 5.56 Å². The average molecular weight is 516 g/mol. The molecule has 3 N–H and O–H groups in total. The van der Waals surface area contributed by atoms with Crippen LogP contribution in [0.25, 0.3) is 0 Å². The molecule has 1 aliphatic rings. The molecule has 1 aliphatic heterocycles. The van der Waals surface area contributed by atoms with Gasteiger partial charge >= 0.3 is 17.9 Å². The molecule has 0 amide bonds. The van der Waals surface area contributed by atoms with E-state index < -0.39 is 28.9 Å². The van der Waals surface area contributed by atoms with Crippen molar-refractivity contribution in [1.29, 1.82) is 0 Å². The van der Waals surface area contributed by atoms with Crippen molar-refractivity contribution in [3.63, 3.8) is 0 Å². The van der Waals surface area contributed by atoms with Gasteiger partial charge in [-0.15, -0.1) is 0 Å². The number of rotatable bonds is 9. The van der Waals surface area contributed by atoms with Gasteiger partial charge in [0.1, 0.15) is 0 Å². The molecule has 1 unspecified atom stereocenters. The summed E-state index contributed by atoms with van der Waals surface area (Å²) in [6.45, 7) is 0.189. The number of carbonyl (C=O) groups is 3. The van der Waals surface area contributed by atoms with Crippen LogP contribution in [0.3, 0.4) is 0 Å². The number of nitro benzene ring substituents is 1. The van der Waals surface area contributed by atoms with E-state index in [1.807, 2.05) is 0 Å². The van der Waals surface area contributed by atoms with Gasteiger partial charge < -0.3 is 15.3 Å². The Kier molecular flexibility index (Phi) is 9.60. The minimum atomic E-state index is -1.07. The monoisotopic (exact) mass is 515 g/mol. The first-order valence-electron chi connectivity index (χ1n) is 11.6. The SMILES string of the molecule is O=C(O)CN1CCN(CC(=O)O)CC(Cc2ccc([N+](=O)[O-])cc2)N(CC(=O)O)Cc2cccc(n2)C1. The summed E-state index contributed by atoms with van der Waals surface area (Å²) >= 11 is 0. The van der Waals surface area contributed by atoms with Gasteiger partial charge in [0.25, 0.3) is 5.69 Å². The third-order valence-corrected chi connectivity index (χ3v) is 6.01. The van der Waals surface area contributed by atoms with Crippen molar-refractivity contribution in [2.24, 2.45) is 0 Å². The summed E-state index contributed by atoms with van der Waals surface area (Å²) in [5.41, 5.74) is 1.86. The van der Waals surface area contributed by atoms with E-state index in [1.54, 1.807) is 45.0 Å². The molecule has 2 bridgehead atoms. The van der Waals surface area contributed by atoms with Crippen molar-refractivity contribution in [2.75, 3.05) is 39.3 Å². The van der Waals surface area contributed by atoms with Crippen LogP contribution in [0.5, 0.6) is 0 Å². The van der Waals surface area contributed by atoms with E-state index in [0.29, 0.717) is 17.8 Å². The smallest absolute Gasteiger partial charge is 0.317 e. The Bertz CT molecular complexity index is 1130. The number of hydrogen-bond acceptors (Lipinski definition) is 9. The number of non-ortho nitro benzene ring substituents is 1. The molecule has 0 fully saturated rings. The Morgan fingerprint density at radius 3 is 2.03 bits per heavy atom. The lowest BCUT2D eigenvalue weighted by Crippen LogP contribution is -2.50. The third-order valence-electron chi connectivity index (χ3n) is 6.01. The fourth-order valence-corrected chi connectivity index (χ4v) is 4.38. The van der Waals surface area contributed by atoms with Gasteiger partial charge in [-0.2, -0.15) is 0 Å². The minimum absolute atomic E-state index is 0.0723. The first-order valence-corrected chi connectivity index (χ1v) is 11.6. The maximum absolute atomic E-state index is 11.8. The standard InChI is InChI=1S/C24H29N5O8/c30-22(31)14-26-8-9-27(15-23(32)33)13-21(10-17-4-6-20(7-5-17)29(36)37)28(16-24(34)35)12-19-3-1-2-18(11-26)25-19/h1-7,21H,8-16H2,(H,30,31)(H,32,33)(H,34,35). The highest BCUT2D eigenvalue weighted by atomic mass is 16.6. The van der Waals surface area contributed by atoms with Crippen molar-refractivity contribution in [1.82, 2.24) is 19.7 Å². The van der Waals surface area contributed by atoms with Crippen LogP contribution in [0.2, 0.25) is 0 Å². The van der Waals surface area contributed by atoms with E-state index >= 15 is 0 Å². The largest absolute Gasteiger partial charge is 0.480 e. The molecule has 0 spiro atoms. The molecule has 3 rings (SSSR count). The number of aromatic nitrogens is 1. The predicted molar refractivity (Wildman–Crippen MR) is 130 cm³/mol. The van der Waals surface area contributed by atoms with E-state index in [2.05, 4.69) is 4.98 Å². The zero-order chi connectivity index (χ0) is 26.9. The van der Waals surface area contributed by atoms with Gasteiger partial charge in [0, 0.05) is 50.9 Å². The number of nitrogens with zero attached hydrogens (tertiary/aromatic N) is 5. The van der Waals surface area contributed by atoms with Crippen LogP contribution in [-0.2, 0) is 33.9 Å². The van der Waals surface area contributed by atoms with Crippen molar-refractivity contribution in [3.8, 4) is 0 Å². The van der Waals surface area contributed by atoms with E-state index in [-0.39, 0.29) is 58.0 Å². The van der Waals surface area contributed by atoms with Crippen molar-refractivity contribution in [3.05, 3.63) is 69.5 Å². The summed E-state index contributed by atoms with van der Waals surface area (Å²) < 4.78 is 0. The molecule has 0 saturated heterocycles. The van der Waals surface area contributed by atoms with Gasteiger partial charge in [-0.05, 0) is 24.1 Å². The quantitative estimate of drug-likeness (QED) is 0.316. The van der Waals surface area contributed by atoms with Crippen LogP contribution in [0.4, 0.5) is 5.69 Å². The van der Waals surface area contributed by atoms with Crippen LogP contribution in [-0.4, -0.2) is 103 Å². The van der Waals surface area contributed by atoms with Crippen LogP contribution < -0.4 is 0 Å². The van der Waals surface area contributed by atoms with Gasteiger partial charge in [0.05, 0.1) is 35.9 Å². The number of carboxylic acid groups (broad SMARTS) is 3. The minimum Gasteiger partial charge on any atom is -0.480 e. The summed E-state index contributed by atoms with van der Waals surface area (Å²) in [4.78, 5) is 55.0. The Balaban J connectivity index is 1.99. The van der Waals surface area contributed by atoms with Crippen LogP contribution >= 0.6 is 0 Å². The fraction of sp³-hybridized carbons (Fsp3) is 0.417. The molecule has 1 aromatic carbocycles. The second-order valence-corrected chi connectivity index (χ2v) is 8.93. The molecule has 0 radical (unpaired) electrons. The second kappa shape index (κ2) is 12.9. The maximum atomic E-state index is 11.8. The maximum Gasteiger partial charge on any atom is 0.317 e. The van der Waals surface area contributed by atoms with Gasteiger partial charge in [-0.1, -0.05) is 18.2 Å². The Hall–Kier alpha value is -3.94. The highest BCUT2D eigenvalue weighted by Gasteiger charge is 2.27. The summed E-state index contributed by atoms with van der Waals surface area (Å²) in [6.07, 6.45) is 0.305. The Labute approximate surface area is 212 Å². The van der Waals surface area contributed by atoms with E-state index in [9.17, 15) is 39.8 Å². The number of carboxylic acids is 3. The number of benzene rings is 1. The topological polar surface area (TPSA) is 178 Å². The number of pyridine rings is 1. The number of aliphatic carboxylic acids is 3. The van der Waals surface area contributed by atoms with Crippen LogP contribution in [0.1, 0.15) is 17.0 Å². The number of fused-ring (bicyclic) bond motifs is 2.